The van der Waals surface area contributed by atoms with Gasteiger partial charge in [-0.15, -0.1) is 0 Å². The van der Waals surface area contributed by atoms with Gasteiger partial charge >= 0.3 is 0 Å². The molecule has 4 heterocycles. The van der Waals surface area contributed by atoms with Gasteiger partial charge in [0, 0.05) is 37.3 Å². The monoisotopic (exact) mass is 438 g/mol. The minimum absolute atomic E-state index is 0.0265. The zero-order valence-corrected chi connectivity index (χ0v) is 17.0. The molecule has 1 spiro atoms. The van der Waals surface area contributed by atoms with Gasteiger partial charge in [-0.25, -0.2) is 18.5 Å². The lowest BCUT2D eigenvalue weighted by atomic mass is 10.1. The molecule has 8 nitrogen and oxygen atoms in total. The van der Waals surface area contributed by atoms with E-state index in [0.29, 0.717) is 11.4 Å². The molecule has 1 aliphatic carbocycles. The summed E-state index contributed by atoms with van der Waals surface area (Å²) >= 11 is 12.0. The van der Waals surface area contributed by atoms with Gasteiger partial charge in [0.15, 0.2) is 10.9 Å². The molecule has 2 aliphatic rings. The number of anilines is 1. The summed E-state index contributed by atoms with van der Waals surface area (Å²) in [4.78, 5) is 11.1. The van der Waals surface area contributed by atoms with Gasteiger partial charge in [0.1, 0.15) is 11.5 Å². The zero-order chi connectivity index (χ0) is 19.5. The van der Waals surface area contributed by atoms with Crippen molar-refractivity contribution >= 4 is 51.8 Å². The van der Waals surface area contributed by atoms with Crippen molar-refractivity contribution in [1.29, 1.82) is 0 Å². The van der Waals surface area contributed by atoms with Gasteiger partial charge in [0.2, 0.25) is 0 Å². The van der Waals surface area contributed by atoms with Crippen molar-refractivity contribution in [1.82, 2.24) is 24.5 Å². The van der Waals surface area contributed by atoms with E-state index >= 15 is 0 Å². The lowest BCUT2D eigenvalue weighted by Crippen LogP contribution is -2.54. The number of rotatable bonds is 3. The number of nitrogens with one attached hydrogen (secondary N) is 1. The molecular formula is C17H16Cl2N6O2S. The van der Waals surface area contributed by atoms with Crippen molar-refractivity contribution in [2.24, 2.45) is 0 Å². The van der Waals surface area contributed by atoms with Crippen LogP contribution in [0.25, 0.3) is 22.3 Å². The molecule has 28 heavy (non-hydrogen) atoms. The lowest BCUT2D eigenvalue weighted by molar-refractivity contribution is 0.339. The minimum atomic E-state index is -0.251. The molecule has 0 amide bonds. The first-order valence-corrected chi connectivity index (χ1v) is 10.3. The van der Waals surface area contributed by atoms with Gasteiger partial charge in [-0.1, -0.05) is 23.2 Å². The lowest BCUT2D eigenvalue weighted by Gasteiger charge is -2.40. The normalized spacial score (nSPS) is 18.9. The zero-order valence-electron chi connectivity index (χ0n) is 14.6. The summed E-state index contributed by atoms with van der Waals surface area (Å²) in [6.45, 7) is 2.29. The highest BCUT2D eigenvalue weighted by Gasteiger charge is 2.51. The highest BCUT2D eigenvalue weighted by atomic mass is 35.5. The molecule has 1 saturated heterocycles. The number of aromatic nitrogens is 4. The van der Waals surface area contributed by atoms with Gasteiger partial charge in [-0.2, -0.15) is 5.10 Å². The van der Waals surface area contributed by atoms with Gasteiger partial charge in [-0.05, 0) is 18.9 Å². The summed E-state index contributed by atoms with van der Waals surface area (Å²) < 4.78 is 13.2. The summed E-state index contributed by atoms with van der Waals surface area (Å²) in [5, 5.41) is 17.9. The molecule has 11 heteroatoms. The molecule has 3 aromatic heterocycles. The molecule has 3 aromatic rings. The first-order valence-electron chi connectivity index (χ1n) is 8.76. The fraction of sp³-hybridized carbons (Fsp3) is 0.353. The highest BCUT2D eigenvalue weighted by molar-refractivity contribution is 7.63. The Hall–Kier alpha value is -1.94. The third-order valence-electron chi connectivity index (χ3n) is 5.43. The van der Waals surface area contributed by atoms with Crippen LogP contribution >= 0.6 is 23.2 Å². The van der Waals surface area contributed by atoms with Crippen LogP contribution in [-0.4, -0.2) is 59.0 Å². The predicted molar refractivity (Wildman–Crippen MR) is 109 cm³/mol. The Morgan fingerprint density at radius 1 is 1.25 bits per heavy atom. The number of hydrogen-bond donors (Lipinski definition) is 3. The van der Waals surface area contributed by atoms with Crippen LogP contribution in [0, 0.1) is 0 Å². The Labute approximate surface area is 174 Å². The molecule has 0 bridgehead atoms. The van der Waals surface area contributed by atoms with Gasteiger partial charge in [0.25, 0.3) is 0 Å². The Balaban J connectivity index is 1.52. The van der Waals surface area contributed by atoms with E-state index in [4.69, 9.17) is 23.2 Å². The van der Waals surface area contributed by atoms with Crippen molar-refractivity contribution in [3.63, 3.8) is 0 Å². The second-order valence-electron chi connectivity index (χ2n) is 7.13. The maximum Gasteiger partial charge on any atom is 0.173 e. The maximum absolute atomic E-state index is 11.2. The highest BCUT2D eigenvalue weighted by Crippen LogP contribution is 2.46. The third kappa shape index (κ3) is 2.85. The number of aromatic hydroxyl groups is 1. The number of thiol groups is 1. The Kier molecular flexibility index (Phi) is 4.24. The van der Waals surface area contributed by atoms with E-state index in [-0.39, 0.29) is 33.3 Å². The van der Waals surface area contributed by atoms with Crippen molar-refractivity contribution in [2.75, 3.05) is 24.5 Å². The number of fused-ring (bicyclic) bond motifs is 1. The van der Waals surface area contributed by atoms with E-state index in [2.05, 4.69) is 25.1 Å². The summed E-state index contributed by atoms with van der Waals surface area (Å²) in [5.74, 6) is 0.621. The Morgan fingerprint density at radius 3 is 2.79 bits per heavy atom. The van der Waals surface area contributed by atoms with Crippen LogP contribution in [0.4, 0.5) is 5.82 Å². The fourth-order valence-electron chi connectivity index (χ4n) is 3.80. The standard InChI is InChI=1S/C17H16Cl2N6O2S/c18-10-5-12(21-16(19)15(10)26)14-9-7-20-13(6-11(9)22-23-14)25-4-3-24(28-27)8-17(25)1-2-17/h5-7,26,28H,1-4,8H2,(H,22,23). The second-order valence-corrected chi connectivity index (χ2v) is 8.63. The first kappa shape index (κ1) is 18.1. The molecule has 2 N–H and O–H groups in total. The van der Waals surface area contributed by atoms with Gasteiger partial charge < -0.3 is 10.0 Å². The van der Waals surface area contributed by atoms with E-state index in [9.17, 15) is 9.32 Å². The van der Waals surface area contributed by atoms with Crippen LogP contribution < -0.4 is 4.90 Å². The molecule has 0 unspecified atom stereocenters. The van der Waals surface area contributed by atoms with Crippen LogP contribution in [0.2, 0.25) is 10.2 Å². The average Bonchev–Trinajstić information content (AvgIpc) is 3.32. The van der Waals surface area contributed by atoms with Crippen LogP contribution in [0.15, 0.2) is 18.3 Å². The van der Waals surface area contributed by atoms with E-state index in [1.54, 1.807) is 6.20 Å². The third-order valence-corrected chi connectivity index (χ3v) is 6.55. The molecule has 0 aromatic carbocycles. The predicted octanol–water partition coefficient (Wildman–Crippen LogP) is 2.55. The largest absolute Gasteiger partial charge is 0.504 e. The number of nitrogens with zero attached hydrogens (tertiary/aromatic N) is 5. The molecule has 0 radical (unpaired) electrons. The topological polar surface area (TPSA) is 98.2 Å². The molecule has 146 valence electrons. The fourth-order valence-corrected chi connectivity index (χ4v) is 4.73. The van der Waals surface area contributed by atoms with Crippen LogP contribution in [-0.2, 0) is 11.9 Å². The molecule has 0 atom stereocenters. The second kappa shape index (κ2) is 6.55. The summed E-state index contributed by atoms with van der Waals surface area (Å²) in [6, 6.07) is 3.49. The molecule has 5 rings (SSSR count). The summed E-state index contributed by atoms with van der Waals surface area (Å²) in [7, 11) is 0. The van der Waals surface area contributed by atoms with Crippen LogP contribution in [0.3, 0.4) is 0 Å². The number of pyridine rings is 2. The van der Waals surface area contributed by atoms with Crippen molar-refractivity contribution in [2.45, 2.75) is 18.4 Å². The van der Waals surface area contributed by atoms with E-state index in [0.717, 1.165) is 49.2 Å². The number of aromatic amines is 1. The average molecular weight is 439 g/mol. The number of H-pyrrole nitrogens is 1. The number of halogens is 2. The maximum atomic E-state index is 11.2. The van der Waals surface area contributed by atoms with Crippen molar-refractivity contribution in [3.05, 3.63) is 28.5 Å². The molecule has 1 saturated carbocycles. The van der Waals surface area contributed by atoms with Crippen LogP contribution in [0.1, 0.15) is 12.8 Å². The van der Waals surface area contributed by atoms with Gasteiger partial charge in [-0.3, -0.25) is 5.10 Å². The first-order chi connectivity index (χ1) is 13.5. The van der Waals surface area contributed by atoms with E-state index < -0.39 is 0 Å². The smallest absolute Gasteiger partial charge is 0.173 e. The quantitative estimate of drug-likeness (QED) is 0.429. The van der Waals surface area contributed by atoms with Crippen molar-refractivity contribution in [3.8, 4) is 17.1 Å². The molecular weight excluding hydrogens is 423 g/mol. The summed E-state index contributed by atoms with van der Waals surface area (Å²) in [5.41, 5.74) is 1.87. The minimum Gasteiger partial charge on any atom is -0.504 e. The SMILES string of the molecule is O=[SH]N1CCN(c2cc3[nH]nc(-c4cc(Cl)c(O)c(Cl)n4)c3cn2)C2(CC2)C1. The van der Waals surface area contributed by atoms with Crippen LogP contribution in [0.5, 0.6) is 5.75 Å². The van der Waals surface area contributed by atoms with Crippen molar-refractivity contribution < 1.29 is 9.32 Å². The molecule has 1 aliphatic heterocycles. The Bertz CT molecular complexity index is 1080. The molecule has 2 fully saturated rings. The van der Waals surface area contributed by atoms with E-state index in [1.165, 1.54) is 6.07 Å². The summed E-state index contributed by atoms with van der Waals surface area (Å²) in [6.07, 6.45) is 3.90. The van der Waals surface area contributed by atoms with Gasteiger partial charge in [0.05, 0.1) is 33.6 Å². The number of piperazine rings is 1. The van der Waals surface area contributed by atoms with E-state index in [1.807, 2.05) is 10.4 Å². The number of hydrogen-bond acceptors (Lipinski definition) is 6. The Morgan fingerprint density at radius 2 is 2.07 bits per heavy atom.